The van der Waals surface area contributed by atoms with Crippen LogP contribution in [0.5, 0.6) is 0 Å². The molecule has 2 bridgehead atoms. The van der Waals surface area contributed by atoms with Gasteiger partial charge in [0, 0.05) is 0 Å². The third kappa shape index (κ3) is 1.36. The van der Waals surface area contributed by atoms with Gasteiger partial charge < -0.3 is 0 Å². The second kappa shape index (κ2) is 3.35. The lowest BCUT2D eigenvalue weighted by atomic mass is 10.00. The number of allylic oxidation sites excluding steroid dienone is 3. The summed E-state index contributed by atoms with van der Waals surface area (Å²) in [6, 6.07) is 8.66. The van der Waals surface area contributed by atoms with E-state index in [0.717, 1.165) is 29.6 Å². The van der Waals surface area contributed by atoms with Crippen LogP contribution in [0.3, 0.4) is 0 Å². The average molecular weight is 222 g/mol. The number of rotatable bonds is 2. The van der Waals surface area contributed by atoms with Crippen molar-refractivity contribution in [3.8, 4) is 0 Å². The van der Waals surface area contributed by atoms with Crippen molar-refractivity contribution in [2.24, 2.45) is 29.6 Å². The highest BCUT2D eigenvalue weighted by Gasteiger charge is 2.61. The van der Waals surface area contributed by atoms with Crippen molar-refractivity contribution in [3.63, 3.8) is 0 Å². The largest absolute Gasteiger partial charge is 0.0848 e. The van der Waals surface area contributed by atoms with E-state index >= 15 is 0 Å². The van der Waals surface area contributed by atoms with Gasteiger partial charge in [-0.2, -0.15) is 0 Å². The molecular formula is C17H18. The van der Waals surface area contributed by atoms with Crippen LogP contribution in [-0.2, 0) is 0 Å². The lowest BCUT2D eigenvalue weighted by Gasteiger charge is -2.05. The van der Waals surface area contributed by atoms with Crippen LogP contribution in [0.2, 0.25) is 0 Å². The minimum absolute atomic E-state index is 0.869. The molecule has 0 heteroatoms. The van der Waals surface area contributed by atoms with Crippen molar-refractivity contribution in [2.75, 3.05) is 0 Å². The average Bonchev–Trinajstić information content (AvgIpc) is 2.74. The Hall–Kier alpha value is -1.30. The lowest BCUT2D eigenvalue weighted by Crippen LogP contribution is -1.96. The predicted molar refractivity (Wildman–Crippen MR) is 71.4 cm³/mol. The number of fused-ring (bicyclic) bond motifs is 5. The molecule has 4 unspecified atom stereocenters. The first-order valence-corrected chi connectivity index (χ1v) is 6.77. The fraction of sp³-hybridized carbons (Fsp3) is 0.412. The maximum atomic E-state index is 2.48. The molecule has 86 valence electrons. The molecule has 0 radical (unpaired) electrons. The van der Waals surface area contributed by atoms with Crippen LogP contribution >= 0.6 is 0 Å². The zero-order chi connectivity index (χ0) is 11.4. The quantitative estimate of drug-likeness (QED) is 0.661. The van der Waals surface area contributed by atoms with Gasteiger partial charge in [0.15, 0.2) is 0 Å². The first-order valence-electron chi connectivity index (χ1n) is 6.77. The van der Waals surface area contributed by atoms with Crippen LogP contribution in [0.15, 0.2) is 42.5 Å². The van der Waals surface area contributed by atoms with Gasteiger partial charge in [0.1, 0.15) is 0 Å². The standard InChI is InChI=1S/C17H18/c1-11-4-2-3-5-12(11)8-9-15-16-13-6-7-14(10-13)17(15)16/h2-9,13-17H,10H2,1H3/b9-8+. The lowest BCUT2D eigenvalue weighted by molar-refractivity contribution is 0.530. The monoisotopic (exact) mass is 222 g/mol. The Morgan fingerprint density at radius 1 is 1.06 bits per heavy atom. The van der Waals surface area contributed by atoms with Crippen molar-refractivity contribution < 1.29 is 0 Å². The molecule has 1 aromatic carbocycles. The smallest absolute Gasteiger partial charge is 0.0156 e. The normalized spacial score (nSPS) is 41.1. The molecule has 0 N–H and O–H groups in total. The number of aryl methyl sites for hydroxylation is 1. The molecule has 1 aromatic rings. The summed E-state index contributed by atoms with van der Waals surface area (Å²) in [6.07, 6.45) is 11.2. The Bertz CT molecular complexity index is 491. The molecule has 0 aliphatic heterocycles. The van der Waals surface area contributed by atoms with Gasteiger partial charge in [-0.1, -0.05) is 48.6 Å². The molecule has 2 saturated carbocycles. The number of hydrogen-bond donors (Lipinski definition) is 0. The van der Waals surface area contributed by atoms with Crippen LogP contribution in [-0.4, -0.2) is 0 Å². The van der Waals surface area contributed by atoms with Crippen molar-refractivity contribution >= 4 is 6.08 Å². The van der Waals surface area contributed by atoms with Crippen LogP contribution in [0.1, 0.15) is 17.5 Å². The SMILES string of the molecule is Cc1ccccc1/C=C/C1C2C3C=CC(C3)C12. The topological polar surface area (TPSA) is 0 Å². The minimum Gasteiger partial charge on any atom is -0.0848 e. The van der Waals surface area contributed by atoms with E-state index in [1.807, 2.05) is 0 Å². The van der Waals surface area contributed by atoms with E-state index in [1.165, 1.54) is 17.5 Å². The Balaban J connectivity index is 1.52. The Morgan fingerprint density at radius 2 is 1.76 bits per heavy atom. The molecule has 4 rings (SSSR count). The molecule has 2 fully saturated rings. The van der Waals surface area contributed by atoms with Gasteiger partial charge in [-0.15, -0.1) is 0 Å². The van der Waals surface area contributed by atoms with E-state index in [-0.39, 0.29) is 0 Å². The molecular weight excluding hydrogens is 204 g/mol. The summed E-state index contributed by atoms with van der Waals surface area (Å²) in [4.78, 5) is 0. The summed E-state index contributed by atoms with van der Waals surface area (Å²) in [5.41, 5.74) is 2.77. The van der Waals surface area contributed by atoms with Gasteiger partial charge in [0.2, 0.25) is 0 Å². The van der Waals surface area contributed by atoms with Gasteiger partial charge in [-0.05, 0) is 54.1 Å². The van der Waals surface area contributed by atoms with Crippen molar-refractivity contribution in [1.82, 2.24) is 0 Å². The van der Waals surface area contributed by atoms with Crippen LogP contribution in [0.4, 0.5) is 0 Å². The fourth-order valence-corrected chi connectivity index (χ4v) is 4.10. The molecule has 0 nitrogen and oxygen atoms in total. The Kier molecular flexibility index (Phi) is 1.91. The van der Waals surface area contributed by atoms with E-state index in [0.29, 0.717) is 0 Å². The second-order valence-corrected chi connectivity index (χ2v) is 5.90. The van der Waals surface area contributed by atoms with Crippen LogP contribution in [0, 0.1) is 36.5 Å². The first-order chi connectivity index (χ1) is 8.34. The summed E-state index contributed by atoms with van der Waals surface area (Å²) in [6.45, 7) is 2.19. The molecule has 0 aromatic heterocycles. The summed E-state index contributed by atoms with van der Waals surface area (Å²) >= 11 is 0. The zero-order valence-electron chi connectivity index (χ0n) is 10.2. The highest BCUT2D eigenvalue weighted by Crippen LogP contribution is 2.67. The third-order valence-electron chi connectivity index (χ3n) is 5.02. The minimum atomic E-state index is 0.869. The van der Waals surface area contributed by atoms with Crippen LogP contribution < -0.4 is 0 Å². The molecule has 17 heavy (non-hydrogen) atoms. The Morgan fingerprint density at radius 3 is 2.47 bits per heavy atom. The summed E-state index contributed by atoms with van der Waals surface area (Å²) < 4.78 is 0. The molecule has 3 aliphatic carbocycles. The molecule has 0 saturated heterocycles. The van der Waals surface area contributed by atoms with Crippen molar-refractivity contribution in [1.29, 1.82) is 0 Å². The van der Waals surface area contributed by atoms with Gasteiger partial charge in [-0.3, -0.25) is 0 Å². The molecule has 4 atom stereocenters. The molecule has 0 amide bonds. The molecule has 0 spiro atoms. The third-order valence-corrected chi connectivity index (χ3v) is 5.02. The van der Waals surface area contributed by atoms with E-state index < -0.39 is 0 Å². The van der Waals surface area contributed by atoms with Crippen LogP contribution in [0.25, 0.3) is 6.08 Å². The van der Waals surface area contributed by atoms with Gasteiger partial charge in [0.25, 0.3) is 0 Å². The zero-order valence-corrected chi connectivity index (χ0v) is 10.2. The summed E-state index contributed by atoms with van der Waals surface area (Å²) in [5.74, 6) is 4.68. The second-order valence-electron chi connectivity index (χ2n) is 5.90. The van der Waals surface area contributed by atoms with E-state index in [2.05, 4.69) is 55.5 Å². The number of benzene rings is 1. The Labute approximate surface area is 103 Å². The highest BCUT2D eigenvalue weighted by atomic mass is 14.7. The number of hydrogen-bond acceptors (Lipinski definition) is 0. The predicted octanol–water partition coefficient (Wildman–Crippen LogP) is 4.08. The van der Waals surface area contributed by atoms with Gasteiger partial charge in [-0.25, -0.2) is 0 Å². The maximum Gasteiger partial charge on any atom is -0.0156 e. The first kappa shape index (κ1) is 9.70. The highest BCUT2D eigenvalue weighted by molar-refractivity contribution is 5.54. The van der Waals surface area contributed by atoms with E-state index in [9.17, 15) is 0 Å². The van der Waals surface area contributed by atoms with E-state index in [4.69, 9.17) is 0 Å². The van der Waals surface area contributed by atoms with Gasteiger partial charge >= 0.3 is 0 Å². The molecule has 0 heterocycles. The maximum absolute atomic E-state index is 2.48. The van der Waals surface area contributed by atoms with E-state index in [1.54, 1.807) is 0 Å². The fourth-order valence-electron chi connectivity index (χ4n) is 4.10. The summed E-state index contributed by atoms with van der Waals surface area (Å²) in [5, 5.41) is 0. The summed E-state index contributed by atoms with van der Waals surface area (Å²) in [7, 11) is 0. The van der Waals surface area contributed by atoms with Crippen molar-refractivity contribution in [3.05, 3.63) is 53.6 Å². The van der Waals surface area contributed by atoms with Gasteiger partial charge in [0.05, 0.1) is 0 Å². The molecule has 3 aliphatic rings. The van der Waals surface area contributed by atoms with Crippen molar-refractivity contribution in [2.45, 2.75) is 13.3 Å².